The molecule has 1 heterocycles. The minimum atomic E-state index is -0.380. The van der Waals surface area contributed by atoms with Crippen LogP contribution >= 0.6 is 0 Å². The normalized spacial score (nSPS) is 25.2. The standard InChI is InChI=1S/C14H27NO3/c16-13(10-15-12-6-8-17-9-7-12)11-18-14-4-2-1-3-5-14/h12-16H,1-11H2. The molecule has 1 aliphatic heterocycles. The molecule has 1 unspecified atom stereocenters. The Morgan fingerprint density at radius 2 is 1.83 bits per heavy atom. The molecule has 0 aromatic carbocycles. The maximum Gasteiger partial charge on any atom is 0.0897 e. The molecule has 2 N–H and O–H groups in total. The fourth-order valence-corrected chi connectivity index (χ4v) is 2.74. The zero-order chi connectivity index (χ0) is 12.6. The Balaban J connectivity index is 1.52. The molecule has 1 aliphatic carbocycles. The lowest BCUT2D eigenvalue weighted by atomic mass is 9.98. The summed E-state index contributed by atoms with van der Waals surface area (Å²) >= 11 is 0. The van der Waals surface area contributed by atoms with E-state index in [9.17, 15) is 5.11 Å². The van der Waals surface area contributed by atoms with Crippen molar-refractivity contribution in [3.05, 3.63) is 0 Å². The summed E-state index contributed by atoms with van der Waals surface area (Å²) in [5.41, 5.74) is 0. The summed E-state index contributed by atoms with van der Waals surface area (Å²) in [7, 11) is 0. The maximum absolute atomic E-state index is 9.89. The number of hydrogen-bond donors (Lipinski definition) is 2. The van der Waals surface area contributed by atoms with Crippen LogP contribution in [0.4, 0.5) is 0 Å². The number of aliphatic hydroxyl groups excluding tert-OH is 1. The average Bonchev–Trinajstić information content (AvgIpc) is 2.45. The lowest BCUT2D eigenvalue weighted by Gasteiger charge is -2.26. The van der Waals surface area contributed by atoms with Gasteiger partial charge in [0.15, 0.2) is 0 Å². The number of nitrogens with one attached hydrogen (secondary N) is 1. The van der Waals surface area contributed by atoms with Gasteiger partial charge in [-0.15, -0.1) is 0 Å². The lowest BCUT2D eigenvalue weighted by molar-refractivity contribution is -0.0248. The van der Waals surface area contributed by atoms with Crippen LogP contribution in [0.5, 0.6) is 0 Å². The van der Waals surface area contributed by atoms with Gasteiger partial charge in [0.2, 0.25) is 0 Å². The summed E-state index contributed by atoms with van der Waals surface area (Å²) in [6.45, 7) is 2.79. The molecule has 4 heteroatoms. The summed E-state index contributed by atoms with van der Waals surface area (Å²) in [6, 6.07) is 0.503. The van der Waals surface area contributed by atoms with Gasteiger partial charge in [-0.1, -0.05) is 19.3 Å². The lowest BCUT2D eigenvalue weighted by Crippen LogP contribution is -2.41. The Bertz CT molecular complexity index is 191. The molecule has 0 amide bonds. The van der Waals surface area contributed by atoms with E-state index in [4.69, 9.17) is 9.47 Å². The molecule has 18 heavy (non-hydrogen) atoms. The van der Waals surface area contributed by atoms with Crippen molar-refractivity contribution in [3.63, 3.8) is 0 Å². The summed E-state index contributed by atoms with van der Waals surface area (Å²) in [4.78, 5) is 0. The van der Waals surface area contributed by atoms with Crippen molar-refractivity contribution in [3.8, 4) is 0 Å². The highest BCUT2D eigenvalue weighted by molar-refractivity contribution is 4.72. The third-order valence-electron chi connectivity index (χ3n) is 3.94. The Labute approximate surface area is 110 Å². The first-order valence-corrected chi connectivity index (χ1v) is 7.45. The van der Waals surface area contributed by atoms with E-state index >= 15 is 0 Å². The molecular weight excluding hydrogens is 230 g/mol. The van der Waals surface area contributed by atoms with Crippen LogP contribution in [-0.4, -0.2) is 49.7 Å². The van der Waals surface area contributed by atoms with E-state index < -0.39 is 0 Å². The van der Waals surface area contributed by atoms with Crippen molar-refractivity contribution < 1.29 is 14.6 Å². The van der Waals surface area contributed by atoms with Crippen molar-refractivity contribution in [1.82, 2.24) is 5.32 Å². The highest BCUT2D eigenvalue weighted by Gasteiger charge is 2.17. The highest BCUT2D eigenvalue weighted by Crippen LogP contribution is 2.20. The van der Waals surface area contributed by atoms with E-state index in [1.807, 2.05) is 0 Å². The van der Waals surface area contributed by atoms with Gasteiger partial charge in [-0.3, -0.25) is 0 Å². The Hall–Kier alpha value is -0.160. The maximum atomic E-state index is 9.89. The minimum Gasteiger partial charge on any atom is -0.389 e. The van der Waals surface area contributed by atoms with Gasteiger partial charge in [0.25, 0.3) is 0 Å². The van der Waals surface area contributed by atoms with Gasteiger partial charge >= 0.3 is 0 Å². The predicted octanol–water partition coefficient (Wildman–Crippen LogP) is 1.47. The fraction of sp³-hybridized carbons (Fsp3) is 1.00. The van der Waals surface area contributed by atoms with Gasteiger partial charge in [0, 0.05) is 25.8 Å². The van der Waals surface area contributed by atoms with Gasteiger partial charge in [0.05, 0.1) is 18.8 Å². The molecule has 2 rings (SSSR count). The van der Waals surface area contributed by atoms with Crippen molar-refractivity contribution in [1.29, 1.82) is 0 Å². The fourth-order valence-electron chi connectivity index (χ4n) is 2.74. The van der Waals surface area contributed by atoms with E-state index in [0.29, 0.717) is 25.3 Å². The van der Waals surface area contributed by atoms with Crippen molar-refractivity contribution in [2.24, 2.45) is 0 Å². The highest BCUT2D eigenvalue weighted by atomic mass is 16.5. The SMILES string of the molecule is OC(CNC1CCOCC1)COC1CCCCC1. The molecule has 1 saturated carbocycles. The monoisotopic (exact) mass is 257 g/mol. The second-order valence-corrected chi connectivity index (χ2v) is 5.54. The Morgan fingerprint density at radius 1 is 1.11 bits per heavy atom. The third kappa shape index (κ3) is 5.22. The third-order valence-corrected chi connectivity index (χ3v) is 3.94. The zero-order valence-electron chi connectivity index (χ0n) is 11.3. The van der Waals surface area contributed by atoms with E-state index in [-0.39, 0.29) is 6.10 Å². The number of ether oxygens (including phenoxy) is 2. The first-order chi connectivity index (χ1) is 8.84. The Kier molecular flexibility index (Phi) is 6.41. The molecule has 1 atom stereocenters. The van der Waals surface area contributed by atoms with Crippen LogP contribution in [0.2, 0.25) is 0 Å². The summed E-state index contributed by atoms with van der Waals surface area (Å²) < 4.78 is 11.1. The van der Waals surface area contributed by atoms with E-state index in [2.05, 4.69) is 5.32 Å². The first-order valence-electron chi connectivity index (χ1n) is 7.45. The van der Waals surface area contributed by atoms with Crippen LogP contribution in [0.25, 0.3) is 0 Å². The van der Waals surface area contributed by atoms with Crippen molar-refractivity contribution >= 4 is 0 Å². The molecule has 2 aliphatic rings. The van der Waals surface area contributed by atoms with Crippen LogP contribution in [-0.2, 0) is 9.47 Å². The quantitative estimate of drug-likeness (QED) is 0.756. The second-order valence-electron chi connectivity index (χ2n) is 5.54. The van der Waals surface area contributed by atoms with Crippen molar-refractivity contribution in [2.75, 3.05) is 26.4 Å². The van der Waals surface area contributed by atoms with Gasteiger partial charge in [-0.25, -0.2) is 0 Å². The molecule has 0 spiro atoms. The molecule has 0 aromatic heterocycles. The second kappa shape index (κ2) is 8.10. The molecule has 4 nitrogen and oxygen atoms in total. The van der Waals surface area contributed by atoms with Crippen LogP contribution in [0.1, 0.15) is 44.9 Å². The van der Waals surface area contributed by atoms with Crippen LogP contribution in [0, 0.1) is 0 Å². The number of rotatable bonds is 6. The number of hydrogen-bond acceptors (Lipinski definition) is 4. The zero-order valence-corrected chi connectivity index (χ0v) is 11.3. The summed E-state index contributed by atoms with van der Waals surface area (Å²) in [6.07, 6.45) is 8.34. The minimum absolute atomic E-state index is 0.380. The van der Waals surface area contributed by atoms with Crippen LogP contribution in [0.3, 0.4) is 0 Å². The van der Waals surface area contributed by atoms with Gasteiger partial charge < -0.3 is 19.9 Å². The first kappa shape index (κ1) is 14.3. The summed E-state index contributed by atoms with van der Waals surface area (Å²) in [5.74, 6) is 0. The Morgan fingerprint density at radius 3 is 2.56 bits per heavy atom. The van der Waals surface area contributed by atoms with Crippen LogP contribution in [0.15, 0.2) is 0 Å². The number of aliphatic hydroxyl groups is 1. The average molecular weight is 257 g/mol. The molecule has 2 fully saturated rings. The smallest absolute Gasteiger partial charge is 0.0897 e. The topological polar surface area (TPSA) is 50.7 Å². The molecule has 0 aromatic rings. The van der Waals surface area contributed by atoms with Gasteiger partial charge in [0.1, 0.15) is 0 Å². The van der Waals surface area contributed by atoms with E-state index in [1.54, 1.807) is 0 Å². The molecular formula is C14H27NO3. The molecule has 0 radical (unpaired) electrons. The van der Waals surface area contributed by atoms with E-state index in [0.717, 1.165) is 26.1 Å². The molecule has 1 saturated heterocycles. The van der Waals surface area contributed by atoms with E-state index in [1.165, 1.54) is 32.1 Å². The predicted molar refractivity (Wildman–Crippen MR) is 70.7 cm³/mol. The van der Waals surface area contributed by atoms with Gasteiger partial charge in [-0.05, 0) is 25.7 Å². The summed E-state index contributed by atoms with van der Waals surface area (Å²) in [5, 5.41) is 13.3. The molecule has 106 valence electrons. The largest absolute Gasteiger partial charge is 0.389 e. The van der Waals surface area contributed by atoms with Crippen LogP contribution < -0.4 is 5.32 Å². The van der Waals surface area contributed by atoms with Crippen molar-refractivity contribution in [2.45, 2.75) is 63.2 Å². The molecule has 0 bridgehead atoms. The van der Waals surface area contributed by atoms with Gasteiger partial charge in [-0.2, -0.15) is 0 Å².